The van der Waals surface area contributed by atoms with Gasteiger partial charge in [-0.2, -0.15) is 5.01 Å². The van der Waals surface area contributed by atoms with Gasteiger partial charge in [0.2, 0.25) is 0 Å². The molecule has 0 bridgehead atoms. The Morgan fingerprint density at radius 3 is 2.62 bits per heavy atom. The van der Waals surface area contributed by atoms with E-state index >= 15 is 0 Å². The maximum absolute atomic E-state index is 13.0. The zero-order valence-electron chi connectivity index (χ0n) is 20.5. The lowest BCUT2D eigenvalue weighted by molar-refractivity contribution is -0.137. The fourth-order valence-corrected chi connectivity index (χ4v) is 4.93. The van der Waals surface area contributed by atoms with Gasteiger partial charge in [0.05, 0.1) is 24.7 Å². The number of nitrogens with zero attached hydrogens (tertiary/aromatic N) is 2. The Labute approximate surface area is 224 Å². The number of thiocarbonyl (C=S) groups is 1. The second-order valence-corrected chi connectivity index (χ2v) is 9.87. The van der Waals surface area contributed by atoms with Crippen LogP contribution in [0.1, 0.15) is 28.4 Å². The Hall–Kier alpha value is -3.41. The Kier molecular flexibility index (Phi) is 8.80. The second-order valence-electron chi connectivity index (χ2n) is 8.19. The van der Waals surface area contributed by atoms with Gasteiger partial charge in [-0.3, -0.25) is 19.8 Å². The largest absolute Gasteiger partial charge is 0.490 e. The summed E-state index contributed by atoms with van der Waals surface area (Å²) in [7, 11) is 0. The van der Waals surface area contributed by atoms with Gasteiger partial charge >= 0.3 is 0 Å². The molecular formula is C26H27N3O6S2. The lowest BCUT2D eigenvalue weighted by Crippen LogP contribution is -2.45. The van der Waals surface area contributed by atoms with Crippen LogP contribution in [0.2, 0.25) is 0 Å². The summed E-state index contributed by atoms with van der Waals surface area (Å²) in [6, 6.07) is 12.3. The highest BCUT2D eigenvalue weighted by atomic mass is 32.2. The SMILES string of the molecule is CCOc1cc(/C=C2/SC(=S)N(NC(=O)c3ccccc3C)C2=O)ccc1OCC(=O)N1CCOCC1. The van der Waals surface area contributed by atoms with Crippen molar-refractivity contribution in [1.29, 1.82) is 0 Å². The third kappa shape index (κ3) is 6.48. The van der Waals surface area contributed by atoms with E-state index in [4.69, 9.17) is 26.4 Å². The summed E-state index contributed by atoms with van der Waals surface area (Å²) < 4.78 is 17.0. The molecule has 0 spiro atoms. The summed E-state index contributed by atoms with van der Waals surface area (Å²) >= 11 is 6.43. The minimum absolute atomic E-state index is 0.112. The maximum Gasteiger partial charge on any atom is 0.285 e. The average molecular weight is 542 g/mol. The first-order valence-corrected chi connectivity index (χ1v) is 13.0. The highest BCUT2D eigenvalue weighted by Crippen LogP contribution is 2.34. The molecule has 2 heterocycles. The normalized spacial score (nSPS) is 16.8. The van der Waals surface area contributed by atoms with Crippen LogP contribution in [0.3, 0.4) is 0 Å². The number of amides is 3. The van der Waals surface area contributed by atoms with Crippen LogP contribution < -0.4 is 14.9 Å². The van der Waals surface area contributed by atoms with Crippen LogP contribution in [0.15, 0.2) is 47.4 Å². The number of benzene rings is 2. The lowest BCUT2D eigenvalue weighted by Gasteiger charge is -2.26. The number of hydrogen-bond acceptors (Lipinski definition) is 8. The summed E-state index contributed by atoms with van der Waals surface area (Å²) in [4.78, 5) is 40.2. The number of hydrazine groups is 1. The van der Waals surface area contributed by atoms with E-state index in [0.29, 0.717) is 60.4 Å². The smallest absolute Gasteiger partial charge is 0.285 e. The molecule has 11 heteroatoms. The van der Waals surface area contributed by atoms with Gasteiger partial charge in [-0.1, -0.05) is 36.0 Å². The van der Waals surface area contributed by atoms with Crippen molar-refractivity contribution in [2.45, 2.75) is 13.8 Å². The fraction of sp³-hybridized carbons (Fsp3) is 0.308. The molecule has 2 aliphatic heterocycles. The van der Waals surface area contributed by atoms with E-state index in [1.165, 1.54) is 0 Å². The second kappa shape index (κ2) is 12.2. The summed E-state index contributed by atoms with van der Waals surface area (Å²) in [6.07, 6.45) is 1.67. The van der Waals surface area contributed by atoms with Crippen molar-refractivity contribution in [3.8, 4) is 11.5 Å². The molecule has 9 nitrogen and oxygen atoms in total. The third-order valence-electron chi connectivity index (χ3n) is 5.68. The van der Waals surface area contributed by atoms with Crippen LogP contribution in [0.25, 0.3) is 6.08 Å². The number of thioether (sulfide) groups is 1. The number of carbonyl (C=O) groups is 3. The summed E-state index contributed by atoms with van der Waals surface area (Å²) in [6.45, 7) is 6.08. The van der Waals surface area contributed by atoms with Gasteiger partial charge in [-0.05, 0) is 61.5 Å². The minimum Gasteiger partial charge on any atom is -0.490 e. The van der Waals surface area contributed by atoms with E-state index in [1.807, 2.05) is 26.0 Å². The van der Waals surface area contributed by atoms with E-state index in [2.05, 4.69) is 5.43 Å². The first-order chi connectivity index (χ1) is 17.9. The van der Waals surface area contributed by atoms with Gasteiger partial charge in [-0.25, -0.2) is 0 Å². The first-order valence-electron chi connectivity index (χ1n) is 11.8. The quantitative estimate of drug-likeness (QED) is 0.402. The number of nitrogens with one attached hydrogen (secondary N) is 1. The maximum atomic E-state index is 13.0. The molecule has 2 aromatic carbocycles. The molecule has 2 saturated heterocycles. The molecule has 0 aromatic heterocycles. The van der Waals surface area contributed by atoms with Gasteiger partial charge in [0.25, 0.3) is 17.7 Å². The Morgan fingerprint density at radius 2 is 1.89 bits per heavy atom. The van der Waals surface area contributed by atoms with Gasteiger partial charge in [0.1, 0.15) is 0 Å². The van der Waals surface area contributed by atoms with Crippen LogP contribution in [-0.2, 0) is 14.3 Å². The van der Waals surface area contributed by atoms with E-state index < -0.39 is 11.8 Å². The summed E-state index contributed by atoms with van der Waals surface area (Å²) in [5, 5.41) is 1.08. The molecule has 0 atom stereocenters. The zero-order valence-corrected chi connectivity index (χ0v) is 22.2. The number of morpholine rings is 1. The van der Waals surface area contributed by atoms with Crippen molar-refractivity contribution >= 4 is 52.1 Å². The van der Waals surface area contributed by atoms with E-state index in [1.54, 1.807) is 41.3 Å². The fourth-order valence-electron chi connectivity index (χ4n) is 3.75. The first kappa shape index (κ1) is 26.6. The van der Waals surface area contributed by atoms with Crippen molar-refractivity contribution in [2.24, 2.45) is 0 Å². The molecule has 2 aromatic rings. The molecule has 0 radical (unpaired) electrons. The monoisotopic (exact) mass is 541 g/mol. The number of aryl methyl sites for hydroxylation is 1. The van der Waals surface area contributed by atoms with Gasteiger partial charge in [0, 0.05) is 18.7 Å². The molecule has 37 heavy (non-hydrogen) atoms. The van der Waals surface area contributed by atoms with Crippen LogP contribution in [0.4, 0.5) is 0 Å². The third-order valence-corrected chi connectivity index (χ3v) is 6.98. The minimum atomic E-state index is -0.425. The van der Waals surface area contributed by atoms with Crippen LogP contribution in [-0.4, -0.2) is 71.5 Å². The van der Waals surface area contributed by atoms with Gasteiger partial charge in [0.15, 0.2) is 22.4 Å². The molecule has 2 aliphatic rings. The molecular weight excluding hydrogens is 514 g/mol. The standard InChI is InChI=1S/C26H27N3O6S2/c1-3-34-21-14-18(8-9-20(21)35-16-23(30)28-10-12-33-13-11-28)15-22-25(32)29(26(36)37-22)27-24(31)19-7-5-4-6-17(19)2/h4-9,14-15H,3,10-13,16H2,1-2H3,(H,27,31)/b22-15+. The van der Waals surface area contributed by atoms with Crippen molar-refractivity contribution in [1.82, 2.24) is 15.3 Å². The molecule has 0 unspecified atom stereocenters. The molecule has 194 valence electrons. The average Bonchev–Trinajstić information content (AvgIpc) is 3.16. The topological polar surface area (TPSA) is 97.4 Å². The van der Waals surface area contributed by atoms with Gasteiger partial charge < -0.3 is 19.1 Å². The molecule has 0 saturated carbocycles. The van der Waals surface area contributed by atoms with Crippen LogP contribution in [0.5, 0.6) is 11.5 Å². The molecule has 4 rings (SSSR count). The summed E-state index contributed by atoms with van der Waals surface area (Å²) in [5.74, 6) is -0.0759. The van der Waals surface area contributed by atoms with Crippen molar-refractivity contribution in [3.05, 3.63) is 64.1 Å². The van der Waals surface area contributed by atoms with E-state index in [0.717, 1.165) is 22.3 Å². The number of hydrogen-bond donors (Lipinski definition) is 1. The molecule has 2 fully saturated rings. The Bertz CT molecular complexity index is 1240. The zero-order chi connectivity index (χ0) is 26.4. The number of carbonyl (C=O) groups excluding carboxylic acids is 3. The van der Waals surface area contributed by atoms with E-state index in [-0.39, 0.29) is 16.8 Å². The van der Waals surface area contributed by atoms with Crippen molar-refractivity contribution < 1.29 is 28.6 Å². The van der Waals surface area contributed by atoms with Gasteiger partial charge in [-0.15, -0.1) is 0 Å². The Balaban J connectivity index is 1.45. The van der Waals surface area contributed by atoms with Crippen molar-refractivity contribution in [3.63, 3.8) is 0 Å². The van der Waals surface area contributed by atoms with Crippen molar-refractivity contribution in [2.75, 3.05) is 39.5 Å². The highest BCUT2D eigenvalue weighted by Gasteiger charge is 2.34. The lowest BCUT2D eigenvalue weighted by atomic mass is 10.1. The number of rotatable bonds is 8. The highest BCUT2D eigenvalue weighted by molar-refractivity contribution is 8.26. The summed E-state index contributed by atoms with van der Waals surface area (Å²) in [5.41, 5.74) is 4.53. The predicted octanol–water partition coefficient (Wildman–Crippen LogP) is 3.18. The number of ether oxygens (including phenoxy) is 3. The molecule has 0 aliphatic carbocycles. The molecule has 1 N–H and O–H groups in total. The van der Waals surface area contributed by atoms with Crippen LogP contribution >= 0.6 is 24.0 Å². The Morgan fingerprint density at radius 1 is 1.14 bits per heavy atom. The molecule has 3 amide bonds. The predicted molar refractivity (Wildman–Crippen MR) is 144 cm³/mol. The van der Waals surface area contributed by atoms with E-state index in [9.17, 15) is 14.4 Å². The van der Waals surface area contributed by atoms with Crippen LogP contribution in [0, 0.1) is 6.92 Å².